The van der Waals surface area contributed by atoms with Gasteiger partial charge in [0.25, 0.3) is 0 Å². The zero-order valence-electron chi connectivity index (χ0n) is 12.1. The van der Waals surface area contributed by atoms with Crippen LogP contribution in [-0.4, -0.2) is 40.3 Å². The smallest absolute Gasteiger partial charge is 0.349 e. The second kappa shape index (κ2) is 6.00. The van der Waals surface area contributed by atoms with Crippen molar-refractivity contribution >= 4 is 17.9 Å². The molecule has 0 aromatic heterocycles. The summed E-state index contributed by atoms with van der Waals surface area (Å²) in [7, 11) is 0. The van der Waals surface area contributed by atoms with Gasteiger partial charge in [-0.15, -0.1) is 0 Å². The monoisotopic (exact) mass is 320 g/mol. The first-order valence-electron chi connectivity index (χ1n) is 7.35. The highest BCUT2D eigenvalue weighted by molar-refractivity contribution is 5.85. The van der Waals surface area contributed by atoms with E-state index < -0.39 is 48.1 Å². The molecule has 0 unspecified atom stereocenters. The number of ether oxygens (including phenoxy) is 2. The second-order valence-corrected chi connectivity index (χ2v) is 5.75. The number of fused-ring (bicyclic) bond motifs is 2. The standard InChI is InChI=1S/C16H16O7/c17-14(18)11-9-6-7-10(22-9)12(11)16(21)23-13(15(19)20)8-4-2-1-3-5-8/h1-5,9-13H,6-7H2,(H,17,18)(H,19,20)/t9-,10+,11-,12+,13+/m0/s1. The van der Waals surface area contributed by atoms with E-state index in [9.17, 15) is 24.6 Å². The summed E-state index contributed by atoms with van der Waals surface area (Å²) in [5.74, 6) is -5.20. The van der Waals surface area contributed by atoms with E-state index in [1.807, 2.05) is 0 Å². The van der Waals surface area contributed by atoms with Crippen LogP contribution in [-0.2, 0) is 23.9 Å². The minimum absolute atomic E-state index is 0.323. The highest BCUT2D eigenvalue weighted by atomic mass is 16.6. The molecule has 2 heterocycles. The van der Waals surface area contributed by atoms with E-state index in [1.54, 1.807) is 18.2 Å². The van der Waals surface area contributed by atoms with Gasteiger partial charge in [0.15, 0.2) is 0 Å². The van der Waals surface area contributed by atoms with Gasteiger partial charge in [0.2, 0.25) is 6.10 Å². The number of aliphatic carboxylic acids is 2. The topological polar surface area (TPSA) is 110 Å². The van der Waals surface area contributed by atoms with E-state index in [2.05, 4.69) is 0 Å². The van der Waals surface area contributed by atoms with Crippen molar-refractivity contribution in [3.63, 3.8) is 0 Å². The van der Waals surface area contributed by atoms with E-state index >= 15 is 0 Å². The predicted molar refractivity (Wildman–Crippen MR) is 75.4 cm³/mol. The Balaban J connectivity index is 1.79. The van der Waals surface area contributed by atoms with Gasteiger partial charge in [-0.05, 0) is 12.8 Å². The first-order valence-corrected chi connectivity index (χ1v) is 7.35. The lowest BCUT2D eigenvalue weighted by atomic mass is 9.79. The summed E-state index contributed by atoms with van der Waals surface area (Å²) < 4.78 is 10.6. The molecule has 2 fully saturated rings. The molecule has 7 heteroatoms. The number of benzene rings is 1. The zero-order chi connectivity index (χ0) is 16.6. The number of carbonyl (C=O) groups is 3. The summed E-state index contributed by atoms with van der Waals surface area (Å²) in [5.41, 5.74) is 0.323. The fourth-order valence-corrected chi connectivity index (χ4v) is 3.37. The third kappa shape index (κ3) is 2.79. The van der Waals surface area contributed by atoms with Crippen molar-refractivity contribution < 1.29 is 34.1 Å². The Kier molecular flexibility index (Phi) is 4.04. The molecule has 0 spiro atoms. The number of carbonyl (C=O) groups excluding carboxylic acids is 1. The lowest BCUT2D eigenvalue weighted by molar-refractivity contribution is -0.171. The van der Waals surface area contributed by atoms with Gasteiger partial charge in [-0.1, -0.05) is 30.3 Å². The molecule has 0 radical (unpaired) electrons. The quantitative estimate of drug-likeness (QED) is 0.785. The van der Waals surface area contributed by atoms with E-state index in [0.717, 1.165) is 0 Å². The number of hydrogen-bond donors (Lipinski definition) is 2. The Morgan fingerprint density at radius 2 is 1.65 bits per heavy atom. The largest absolute Gasteiger partial charge is 0.481 e. The Hall–Kier alpha value is -2.41. The molecule has 23 heavy (non-hydrogen) atoms. The summed E-state index contributed by atoms with van der Waals surface area (Å²) >= 11 is 0. The molecule has 2 aliphatic heterocycles. The Labute approximate surface area is 131 Å². The van der Waals surface area contributed by atoms with Gasteiger partial charge in [-0.3, -0.25) is 9.59 Å². The highest BCUT2D eigenvalue weighted by Crippen LogP contribution is 2.44. The zero-order valence-corrected chi connectivity index (χ0v) is 12.1. The molecule has 0 amide bonds. The normalized spacial score (nSPS) is 29.9. The minimum Gasteiger partial charge on any atom is -0.481 e. The van der Waals surface area contributed by atoms with Gasteiger partial charge in [0, 0.05) is 5.56 Å². The number of esters is 1. The Morgan fingerprint density at radius 3 is 2.22 bits per heavy atom. The van der Waals surface area contributed by atoms with Gasteiger partial charge >= 0.3 is 17.9 Å². The number of hydrogen-bond acceptors (Lipinski definition) is 5. The predicted octanol–water partition coefficient (Wildman–Crippen LogP) is 1.23. The Bertz CT molecular complexity index is 627. The van der Waals surface area contributed by atoms with Crippen molar-refractivity contribution in [1.29, 1.82) is 0 Å². The lowest BCUT2D eigenvalue weighted by Crippen LogP contribution is -2.40. The van der Waals surface area contributed by atoms with Gasteiger partial charge in [0.1, 0.15) is 0 Å². The van der Waals surface area contributed by atoms with Crippen LogP contribution in [0.5, 0.6) is 0 Å². The number of carboxylic acid groups (broad SMARTS) is 2. The van der Waals surface area contributed by atoms with Crippen LogP contribution in [0.1, 0.15) is 24.5 Å². The molecule has 5 atom stereocenters. The molecule has 3 rings (SSSR count). The van der Waals surface area contributed by atoms with Crippen LogP contribution in [0, 0.1) is 11.8 Å². The van der Waals surface area contributed by atoms with Crippen molar-refractivity contribution in [2.45, 2.75) is 31.2 Å². The van der Waals surface area contributed by atoms with Crippen LogP contribution in [0.4, 0.5) is 0 Å². The summed E-state index contributed by atoms with van der Waals surface area (Å²) in [6, 6.07) is 8.07. The maximum atomic E-state index is 12.4. The molecule has 0 aliphatic carbocycles. The molecule has 2 bridgehead atoms. The molecule has 2 saturated heterocycles. The van der Waals surface area contributed by atoms with Gasteiger partial charge in [-0.2, -0.15) is 0 Å². The summed E-state index contributed by atoms with van der Waals surface area (Å²) in [6.07, 6.45) is -1.31. The molecule has 2 N–H and O–H groups in total. The third-order valence-electron chi connectivity index (χ3n) is 4.39. The van der Waals surface area contributed by atoms with Crippen molar-refractivity contribution in [3.05, 3.63) is 35.9 Å². The fourth-order valence-electron chi connectivity index (χ4n) is 3.37. The van der Waals surface area contributed by atoms with Crippen LogP contribution in [0.2, 0.25) is 0 Å². The van der Waals surface area contributed by atoms with E-state index in [0.29, 0.717) is 18.4 Å². The molecule has 7 nitrogen and oxygen atoms in total. The van der Waals surface area contributed by atoms with E-state index in [1.165, 1.54) is 12.1 Å². The van der Waals surface area contributed by atoms with Crippen molar-refractivity contribution in [1.82, 2.24) is 0 Å². The van der Waals surface area contributed by atoms with Crippen LogP contribution in [0.25, 0.3) is 0 Å². The number of carboxylic acids is 2. The van der Waals surface area contributed by atoms with E-state index in [-0.39, 0.29) is 0 Å². The maximum Gasteiger partial charge on any atom is 0.349 e. The maximum absolute atomic E-state index is 12.4. The van der Waals surface area contributed by atoms with E-state index in [4.69, 9.17) is 9.47 Å². The molecule has 1 aromatic carbocycles. The average molecular weight is 320 g/mol. The number of rotatable bonds is 5. The fraction of sp³-hybridized carbons (Fsp3) is 0.438. The van der Waals surface area contributed by atoms with Crippen molar-refractivity contribution in [3.8, 4) is 0 Å². The SMILES string of the molecule is O=C(O)[C@@H]1[C@H](C(=O)O[C@@H](C(=O)O)c2ccccc2)[C@H]2CC[C@@H]1O2. The van der Waals surface area contributed by atoms with Crippen LogP contribution >= 0.6 is 0 Å². The first kappa shape index (κ1) is 15.5. The summed E-state index contributed by atoms with van der Waals surface area (Å²) in [4.78, 5) is 35.2. The molecule has 122 valence electrons. The Morgan fingerprint density at radius 1 is 1.04 bits per heavy atom. The summed E-state index contributed by atoms with van der Waals surface area (Å²) in [6.45, 7) is 0. The molecule has 2 aliphatic rings. The average Bonchev–Trinajstić information content (AvgIpc) is 3.13. The van der Waals surface area contributed by atoms with Crippen LogP contribution < -0.4 is 0 Å². The van der Waals surface area contributed by atoms with Crippen LogP contribution in [0.15, 0.2) is 30.3 Å². The second-order valence-electron chi connectivity index (χ2n) is 5.75. The van der Waals surface area contributed by atoms with Crippen molar-refractivity contribution in [2.75, 3.05) is 0 Å². The van der Waals surface area contributed by atoms with Gasteiger partial charge < -0.3 is 19.7 Å². The van der Waals surface area contributed by atoms with Crippen LogP contribution in [0.3, 0.4) is 0 Å². The molecule has 0 saturated carbocycles. The highest BCUT2D eigenvalue weighted by Gasteiger charge is 2.56. The van der Waals surface area contributed by atoms with Crippen molar-refractivity contribution in [2.24, 2.45) is 11.8 Å². The summed E-state index contributed by atoms with van der Waals surface area (Å²) in [5, 5.41) is 18.6. The molecular weight excluding hydrogens is 304 g/mol. The van der Waals surface area contributed by atoms with Gasteiger partial charge in [0.05, 0.1) is 24.0 Å². The molecular formula is C16H16O7. The minimum atomic E-state index is -1.46. The van der Waals surface area contributed by atoms with Gasteiger partial charge in [-0.25, -0.2) is 4.79 Å². The lowest BCUT2D eigenvalue weighted by Gasteiger charge is -2.24. The molecule has 1 aromatic rings. The third-order valence-corrected chi connectivity index (χ3v) is 4.39. The first-order chi connectivity index (χ1) is 11.0.